The number of nitrogens with zero attached hydrogens (tertiary/aromatic N) is 1. The van der Waals surface area contributed by atoms with E-state index in [1.54, 1.807) is 24.0 Å². The highest BCUT2D eigenvalue weighted by atomic mass is 79.9. The van der Waals surface area contributed by atoms with Crippen LogP contribution in [0.15, 0.2) is 29.3 Å². The molecular formula is C11H12BrNO. The highest BCUT2D eigenvalue weighted by Crippen LogP contribution is 2.09. The largest absolute Gasteiger partial charge is 0.345 e. The first-order valence-electron chi connectivity index (χ1n) is 4.23. The Morgan fingerprint density at radius 3 is 2.71 bits per heavy atom. The van der Waals surface area contributed by atoms with Gasteiger partial charge in [0.15, 0.2) is 0 Å². The van der Waals surface area contributed by atoms with Crippen molar-refractivity contribution >= 4 is 27.9 Å². The zero-order chi connectivity index (χ0) is 10.6. The molecule has 0 N–H and O–H groups in total. The summed E-state index contributed by atoms with van der Waals surface area (Å²) in [5.41, 5.74) is 1.72. The van der Waals surface area contributed by atoms with Gasteiger partial charge in [-0.1, -0.05) is 28.1 Å². The number of hydrogen-bond donors (Lipinski definition) is 0. The number of carbonyl (C=O) groups is 1. The van der Waals surface area contributed by atoms with Crippen LogP contribution in [0.25, 0.3) is 6.08 Å². The van der Waals surface area contributed by atoms with Crippen LogP contribution in [-0.2, 0) is 0 Å². The Hall–Kier alpha value is -1.09. The van der Waals surface area contributed by atoms with Crippen molar-refractivity contribution < 1.29 is 4.79 Å². The van der Waals surface area contributed by atoms with Crippen molar-refractivity contribution in [2.45, 2.75) is 0 Å². The molecule has 0 saturated heterocycles. The van der Waals surface area contributed by atoms with Crippen LogP contribution < -0.4 is 0 Å². The molecule has 0 spiro atoms. The summed E-state index contributed by atoms with van der Waals surface area (Å²) in [5, 5.41) is 0. The van der Waals surface area contributed by atoms with E-state index in [9.17, 15) is 4.79 Å². The lowest BCUT2D eigenvalue weighted by Gasteiger charge is -2.10. The van der Waals surface area contributed by atoms with E-state index in [4.69, 9.17) is 0 Å². The molecule has 0 aliphatic heterocycles. The third-order valence-corrected chi connectivity index (χ3v) is 2.06. The van der Waals surface area contributed by atoms with Crippen LogP contribution in [0.5, 0.6) is 0 Å². The first-order chi connectivity index (χ1) is 6.65. The number of carbonyl (C=O) groups excluding carboxylic acids is 1. The summed E-state index contributed by atoms with van der Waals surface area (Å²) in [7, 11) is 3.49. The van der Waals surface area contributed by atoms with Crippen LogP contribution in [0.4, 0.5) is 0 Å². The molecule has 0 aliphatic carbocycles. The Bertz CT molecular complexity index is 358. The van der Waals surface area contributed by atoms with Crippen LogP contribution in [0.1, 0.15) is 15.9 Å². The van der Waals surface area contributed by atoms with Gasteiger partial charge in [0, 0.05) is 19.7 Å². The molecule has 14 heavy (non-hydrogen) atoms. The maximum absolute atomic E-state index is 11.6. The van der Waals surface area contributed by atoms with E-state index >= 15 is 0 Å². The fourth-order valence-electron chi connectivity index (χ4n) is 1.11. The first kappa shape index (κ1) is 11.0. The van der Waals surface area contributed by atoms with Gasteiger partial charge in [0.1, 0.15) is 0 Å². The second kappa shape index (κ2) is 4.96. The summed E-state index contributed by atoms with van der Waals surface area (Å²) in [6.07, 6.45) is 1.90. The zero-order valence-corrected chi connectivity index (χ0v) is 9.78. The minimum absolute atomic E-state index is 0.0230. The maximum Gasteiger partial charge on any atom is 0.253 e. The molecule has 1 rings (SSSR count). The average molecular weight is 254 g/mol. The predicted molar refractivity (Wildman–Crippen MR) is 62.4 cm³/mol. The fraction of sp³-hybridized carbons (Fsp3) is 0.182. The molecule has 0 unspecified atom stereocenters. The SMILES string of the molecule is CN(C)C(=O)c1cccc(/C=C/Br)c1. The van der Waals surface area contributed by atoms with E-state index in [-0.39, 0.29) is 5.91 Å². The average Bonchev–Trinajstić information content (AvgIpc) is 2.17. The van der Waals surface area contributed by atoms with E-state index in [2.05, 4.69) is 15.9 Å². The Morgan fingerprint density at radius 1 is 1.43 bits per heavy atom. The van der Waals surface area contributed by atoms with Crippen LogP contribution in [-0.4, -0.2) is 24.9 Å². The Labute approximate surface area is 92.4 Å². The molecule has 0 bridgehead atoms. The van der Waals surface area contributed by atoms with E-state index in [1.807, 2.05) is 30.3 Å². The van der Waals surface area contributed by atoms with Crippen molar-refractivity contribution in [2.75, 3.05) is 14.1 Å². The number of amides is 1. The predicted octanol–water partition coefficient (Wildman–Crippen LogP) is 2.75. The second-order valence-electron chi connectivity index (χ2n) is 3.12. The molecule has 0 fully saturated rings. The second-order valence-corrected chi connectivity index (χ2v) is 3.65. The van der Waals surface area contributed by atoms with E-state index in [0.717, 1.165) is 5.56 Å². The fourth-order valence-corrected chi connectivity index (χ4v) is 1.41. The van der Waals surface area contributed by atoms with E-state index in [0.29, 0.717) is 5.56 Å². The van der Waals surface area contributed by atoms with Gasteiger partial charge in [0.25, 0.3) is 5.91 Å². The Balaban J connectivity index is 2.99. The van der Waals surface area contributed by atoms with Crippen molar-refractivity contribution in [1.82, 2.24) is 4.90 Å². The van der Waals surface area contributed by atoms with Gasteiger partial charge in [0.05, 0.1) is 0 Å². The molecule has 3 heteroatoms. The lowest BCUT2D eigenvalue weighted by molar-refractivity contribution is 0.0827. The Kier molecular flexibility index (Phi) is 3.89. The van der Waals surface area contributed by atoms with Gasteiger partial charge in [-0.05, 0) is 28.8 Å². The van der Waals surface area contributed by atoms with Crippen molar-refractivity contribution in [3.8, 4) is 0 Å². The number of benzene rings is 1. The van der Waals surface area contributed by atoms with Crippen molar-refractivity contribution in [3.63, 3.8) is 0 Å². The zero-order valence-electron chi connectivity index (χ0n) is 8.20. The van der Waals surface area contributed by atoms with Crippen molar-refractivity contribution in [2.24, 2.45) is 0 Å². The molecule has 0 heterocycles. The van der Waals surface area contributed by atoms with Gasteiger partial charge in [0.2, 0.25) is 0 Å². The van der Waals surface area contributed by atoms with Crippen molar-refractivity contribution in [3.05, 3.63) is 40.4 Å². The van der Waals surface area contributed by atoms with Crippen LogP contribution in [0.3, 0.4) is 0 Å². The van der Waals surface area contributed by atoms with Crippen LogP contribution in [0, 0.1) is 0 Å². The minimum atomic E-state index is 0.0230. The summed E-state index contributed by atoms with van der Waals surface area (Å²) >= 11 is 3.20. The Morgan fingerprint density at radius 2 is 2.14 bits per heavy atom. The molecule has 1 amide bonds. The number of hydrogen-bond acceptors (Lipinski definition) is 1. The van der Waals surface area contributed by atoms with Gasteiger partial charge < -0.3 is 4.90 Å². The molecular weight excluding hydrogens is 242 g/mol. The summed E-state index contributed by atoms with van der Waals surface area (Å²) in [6, 6.07) is 7.50. The minimum Gasteiger partial charge on any atom is -0.345 e. The monoisotopic (exact) mass is 253 g/mol. The van der Waals surface area contributed by atoms with Gasteiger partial charge >= 0.3 is 0 Å². The molecule has 0 saturated carbocycles. The summed E-state index contributed by atoms with van der Waals surface area (Å²) in [4.78, 5) is 14.9. The summed E-state index contributed by atoms with van der Waals surface area (Å²) in [5.74, 6) is 0.0230. The third kappa shape index (κ3) is 2.70. The number of rotatable bonds is 2. The molecule has 0 aliphatic rings. The number of halogens is 1. The van der Waals surface area contributed by atoms with Gasteiger partial charge in [-0.2, -0.15) is 0 Å². The van der Waals surface area contributed by atoms with Crippen LogP contribution >= 0.6 is 15.9 Å². The summed E-state index contributed by atoms with van der Waals surface area (Å²) < 4.78 is 0. The highest BCUT2D eigenvalue weighted by molar-refractivity contribution is 9.11. The smallest absolute Gasteiger partial charge is 0.253 e. The molecule has 1 aromatic carbocycles. The molecule has 0 atom stereocenters. The third-order valence-electron chi connectivity index (χ3n) is 1.80. The lowest BCUT2D eigenvalue weighted by atomic mass is 10.1. The van der Waals surface area contributed by atoms with Gasteiger partial charge in [-0.3, -0.25) is 4.79 Å². The molecule has 74 valence electrons. The first-order valence-corrected chi connectivity index (χ1v) is 5.15. The molecule has 0 radical (unpaired) electrons. The topological polar surface area (TPSA) is 20.3 Å². The van der Waals surface area contributed by atoms with E-state index in [1.165, 1.54) is 0 Å². The highest BCUT2D eigenvalue weighted by Gasteiger charge is 2.06. The molecule has 1 aromatic rings. The standard InChI is InChI=1S/C11H12BrNO/c1-13(2)11(14)10-5-3-4-9(8-10)6-7-12/h3-8H,1-2H3/b7-6+. The van der Waals surface area contributed by atoms with Crippen molar-refractivity contribution in [1.29, 1.82) is 0 Å². The normalized spacial score (nSPS) is 10.5. The quantitative estimate of drug-likeness (QED) is 0.794. The molecule has 0 aromatic heterocycles. The van der Waals surface area contributed by atoms with Gasteiger partial charge in [-0.15, -0.1) is 0 Å². The lowest BCUT2D eigenvalue weighted by Crippen LogP contribution is -2.21. The summed E-state index contributed by atoms with van der Waals surface area (Å²) in [6.45, 7) is 0. The van der Waals surface area contributed by atoms with Gasteiger partial charge in [-0.25, -0.2) is 0 Å². The maximum atomic E-state index is 11.6. The van der Waals surface area contributed by atoms with E-state index < -0.39 is 0 Å². The van der Waals surface area contributed by atoms with Crippen LogP contribution in [0.2, 0.25) is 0 Å². The molecule has 2 nitrogen and oxygen atoms in total.